The Bertz CT molecular complexity index is 553. The summed E-state index contributed by atoms with van der Waals surface area (Å²) in [5.41, 5.74) is 0.895. The molecule has 0 atom stereocenters. The highest BCUT2D eigenvalue weighted by atomic mass is 16.2. The normalized spacial score (nSPS) is 10.5. The molecule has 0 saturated heterocycles. The molecule has 1 amide bonds. The number of carbonyl (C=O) groups is 1. The molecular formula is C13H18N6O. The molecule has 0 unspecified atom stereocenters. The van der Waals surface area contributed by atoms with Crippen LogP contribution in [0.5, 0.6) is 0 Å². The maximum atomic E-state index is 11.7. The molecule has 0 spiro atoms. The Balaban J connectivity index is 1.95. The summed E-state index contributed by atoms with van der Waals surface area (Å²) >= 11 is 0. The van der Waals surface area contributed by atoms with Gasteiger partial charge in [-0.3, -0.25) is 4.79 Å². The van der Waals surface area contributed by atoms with E-state index in [-0.39, 0.29) is 12.5 Å². The number of rotatable bonds is 6. The molecule has 1 aromatic heterocycles. The van der Waals surface area contributed by atoms with Gasteiger partial charge in [0, 0.05) is 13.6 Å². The van der Waals surface area contributed by atoms with E-state index in [1.54, 1.807) is 16.6 Å². The van der Waals surface area contributed by atoms with Gasteiger partial charge in [0.25, 0.3) is 0 Å². The topological polar surface area (TPSA) is 75.9 Å². The van der Waals surface area contributed by atoms with Crippen LogP contribution >= 0.6 is 0 Å². The van der Waals surface area contributed by atoms with Crippen LogP contribution in [-0.2, 0) is 11.3 Å². The van der Waals surface area contributed by atoms with Crippen LogP contribution in [0.1, 0.15) is 12.7 Å². The van der Waals surface area contributed by atoms with Crippen molar-refractivity contribution in [2.45, 2.75) is 13.5 Å². The summed E-state index contributed by atoms with van der Waals surface area (Å²) in [6.07, 6.45) is 0. The fourth-order valence-electron chi connectivity index (χ4n) is 1.68. The zero-order valence-electron chi connectivity index (χ0n) is 11.7. The average molecular weight is 274 g/mol. The lowest BCUT2D eigenvalue weighted by Gasteiger charge is -2.14. The molecular weight excluding hydrogens is 256 g/mol. The minimum atomic E-state index is 0.0474. The first-order chi connectivity index (χ1) is 9.72. The van der Waals surface area contributed by atoms with E-state index in [1.807, 2.05) is 37.3 Å². The number of aromatic nitrogens is 4. The van der Waals surface area contributed by atoms with Crippen molar-refractivity contribution in [2.75, 3.05) is 20.1 Å². The molecule has 7 nitrogen and oxygen atoms in total. The van der Waals surface area contributed by atoms with E-state index in [0.29, 0.717) is 18.9 Å². The molecule has 0 fully saturated rings. The summed E-state index contributed by atoms with van der Waals surface area (Å²) < 4.78 is 1.65. The van der Waals surface area contributed by atoms with Crippen molar-refractivity contribution in [3.63, 3.8) is 0 Å². The first-order valence-electron chi connectivity index (χ1n) is 6.49. The second-order valence-corrected chi connectivity index (χ2v) is 4.35. The van der Waals surface area contributed by atoms with E-state index < -0.39 is 0 Å². The minimum absolute atomic E-state index is 0.0474. The zero-order chi connectivity index (χ0) is 14.4. The third kappa shape index (κ3) is 3.39. The average Bonchev–Trinajstić information content (AvgIpc) is 2.95. The highest BCUT2D eigenvalue weighted by molar-refractivity contribution is 5.77. The Morgan fingerprint density at radius 2 is 2.10 bits per heavy atom. The molecule has 1 aromatic carbocycles. The number of likely N-dealkylation sites (N-methyl/N-ethyl adjacent to an activating group) is 1. The van der Waals surface area contributed by atoms with Crippen molar-refractivity contribution in [1.29, 1.82) is 0 Å². The van der Waals surface area contributed by atoms with Crippen LogP contribution in [0, 0.1) is 0 Å². The van der Waals surface area contributed by atoms with E-state index in [2.05, 4.69) is 20.8 Å². The standard InChI is InChI=1S/C13H18N6O/c1-3-18(2)13(20)10-14-9-12-15-16-17-19(12)11-7-5-4-6-8-11/h4-8,14H,3,9-10H2,1-2H3. The van der Waals surface area contributed by atoms with Crippen molar-refractivity contribution in [2.24, 2.45) is 0 Å². The van der Waals surface area contributed by atoms with Crippen LogP contribution in [0.4, 0.5) is 0 Å². The van der Waals surface area contributed by atoms with Crippen LogP contribution in [0.2, 0.25) is 0 Å². The van der Waals surface area contributed by atoms with Gasteiger partial charge < -0.3 is 10.2 Å². The Kier molecular flexibility index (Phi) is 4.78. The maximum Gasteiger partial charge on any atom is 0.236 e. The quantitative estimate of drug-likeness (QED) is 0.816. The smallest absolute Gasteiger partial charge is 0.236 e. The van der Waals surface area contributed by atoms with Gasteiger partial charge in [-0.2, -0.15) is 4.68 Å². The lowest BCUT2D eigenvalue weighted by atomic mass is 10.3. The SMILES string of the molecule is CCN(C)C(=O)CNCc1nnnn1-c1ccccc1. The molecule has 0 aliphatic rings. The van der Waals surface area contributed by atoms with Crippen LogP contribution < -0.4 is 5.32 Å². The van der Waals surface area contributed by atoms with Crippen LogP contribution in [0.3, 0.4) is 0 Å². The molecule has 7 heteroatoms. The minimum Gasteiger partial charge on any atom is -0.345 e. The molecule has 0 aliphatic heterocycles. The zero-order valence-corrected chi connectivity index (χ0v) is 11.7. The summed E-state index contributed by atoms with van der Waals surface area (Å²) in [7, 11) is 1.78. The van der Waals surface area contributed by atoms with E-state index in [9.17, 15) is 4.79 Å². The molecule has 20 heavy (non-hydrogen) atoms. The number of hydrogen-bond acceptors (Lipinski definition) is 5. The Hall–Kier alpha value is -2.28. The first kappa shape index (κ1) is 14.1. The molecule has 1 N–H and O–H groups in total. The van der Waals surface area contributed by atoms with E-state index in [0.717, 1.165) is 5.69 Å². The van der Waals surface area contributed by atoms with Crippen LogP contribution in [0.15, 0.2) is 30.3 Å². The van der Waals surface area contributed by atoms with Gasteiger partial charge in [-0.25, -0.2) is 0 Å². The van der Waals surface area contributed by atoms with Gasteiger partial charge in [-0.15, -0.1) is 5.10 Å². The molecule has 0 aliphatic carbocycles. The second kappa shape index (κ2) is 6.76. The monoisotopic (exact) mass is 274 g/mol. The summed E-state index contributed by atoms with van der Waals surface area (Å²) in [4.78, 5) is 13.3. The van der Waals surface area contributed by atoms with E-state index >= 15 is 0 Å². The Morgan fingerprint density at radius 1 is 1.35 bits per heavy atom. The fourth-order valence-corrected chi connectivity index (χ4v) is 1.68. The third-order valence-electron chi connectivity index (χ3n) is 2.99. The molecule has 2 rings (SSSR count). The van der Waals surface area contributed by atoms with Crippen LogP contribution in [-0.4, -0.2) is 51.2 Å². The molecule has 0 radical (unpaired) electrons. The highest BCUT2D eigenvalue weighted by Gasteiger charge is 2.09. The summed E-state index contributed by atoms with van der Waals surface area (Å²) in [5, 5.41) is 14.7. The molecule has 0 bridgehead atoms. The fraction of sp³-hybridized carbons (Fsp3) is 0.385. The number of nitrogens with one attached hydrogen (secondary N) is 1. The number of benzene rings is 1. The largest absolute Gasteiger partial charge is 0.345 e. The number of tetrazole rings is 1. The van der Waals surface area contributed by atoms with Gasteiger partial charge in [0.1, 0.15) is 0 Å². The number of amides is 1. The maximum absolute atomic E-state index is 11.7. The second-order valence-electron chi connectivity index (χ2n) is 4.35. The number of carbonyl (C=O) groups excluding carboxylic acids is 1. The van der Waals surface area contributed by atoms with Crippen molar-refractivity contribution in [3.8, 4) is 5.69 Å². The first-order valence-corrected chi connectivity index (χ1v) is 6.49. The van der Waals surface area contributed by atoms with E-state index in [4.69, 9.17) is 0 Å². The Labute approximate surface area is 117 Å². The van der Waals surface area contributed by atoms with Gasteiger partial charge in [-0.05, 0) is 29.5 Å². The van der Waals surface area contributed by atoms with E-state index in [1.165, 1.54) is 0 Å². The van der Waals surface area contributed by atoms with Gasteiger partial charge in [-0.1, -0.05) is 18.2 Å². The van der Waals surface area contributed by atoms with Crippen molar-refractivity contribution < 1.29 is 4.79 Å². The summed E-state index contributed by atoms with van der Waals surface area (Å²) in [6.45, 7) is 3.34. The molecule has 2 aromatic rings. The van der Waals surface area contributed by atoms with Gasteiger partial charge >= 0.3 is 0 Å². The molecule has 1 heterocycles. The lowest BCUT2D eigenvalue weighted by molar-refractivity contribution is -0.128. The van der Waals surface area contributed by atoms with Gasteiger partial charge in [0.15, 0.2) is 5.82 Å². The van der Waals surface area contributed by atoms with Crippen molar-refractivity contribution in [1.82, 2.24) is 30.4 Å². The summed E-state index contributed by atoms with van der Waals surface area (Å²) in [5.74, 6) is 0.717. The van der Waals surface area contributed by atoms with Gasteiger partial charge in [0.05, 0.1) is 18.8 Å². The third-order valence-corrected chi connectivity index (χ3v) is 2.99. The predicted molar refractivity (Wildman–Crippen MR) is 74.2 cm³/mol. The molecule has 106 valence electrons. The van der Waals surface area contributed by atoms with Crippen LogP contribution in [0.25, 0.3) is 5.69 Å². The summed E-state index contributed by atoms with van der Waals surface area (Å²) in [6, 6.07) is 9.64. The predicted octanol–water partition coefficient (Wildman–Crippen LogP) is 0.230. The number of nitrogens with zero attached hydrogens (tertiary/aromatic N) is 5. The van der Waals surface area contributed by atoms with Gasteiger partial charge in [0.2, 0.25) is 5.91 Å². The lowest BCUT2D eigenvalue weighted by Crippen LogP contribution is -2.35. The molecule has 0 saturated carbocycles. The number of para-hydroxylation sites is 1. The van der Waals surface area contributed by atoms with Crippen molar-refractivity contribution >= 4 is 5.91 Å². The highest BCUT2D eigenvalue weighted by Crippen LogP contribution is 2.06. The van der Waals surface area contributed by atoms with Crippen molar-refractivity contribution in [3.05, 3.63) is 36.2 Å². The number of hydrogen-bond donors (Lipinski definition) is 1. The Morgan fingerprint density at radius 3 is 2.80 bits per heavy atom.